The summed E-state index contributed by atoms with van der Waals surface area (Å²) in [4.78, 5) is 8.70. The van der Waals surface area contributed by atoms with Gasteiger partial charge in [-0.2, -0.15) is 0 Å². The van der Waals surface area contributed by atoms with E-state index in [4.69, 9.17) is 11.6 Å². The summed E-state index contributed by atoms with van der Waals surface area (Å²) in [6.45, 7) is 0.605. The Labute approximate surface area is 138 Å². The van der Waals surface area contributed by atoms with E-state index in [2.05, 4.69) is 25.6 Å². The van der Waals surface area contributed by atoms with Crippen molar-refractivity contribution in [2.45, 2.75) is 38.3 Å². The first-order valence-electron chi connectivity index (χ1n) is 7.85. The monoisotopic (exact) mass is 328 g/mol. The minimum Gasteiger partial charge on any atom is -0.365 e. The summed E-state index contributed by atoms with van der Waals surface area (Å²) in [5.74, 6) is 0.782. The van der Waals surface area contributed by atoms with Gasteiger partial charge in [0, 0.05) is 11.1 Å². The van der Waals surface area contributed by atoms with E-state index in [1.54, 1.807) is 11.0 Å². The highest BCUT2D eigenvalue weighted by molar-refractivity contribution is 6.30. The molecule has 0 amide bonds. The Hall–Kier alpha value is -2.21. The first-order valence-corrected chi connectivity index (χ1v) is 8.22. The van der Waals surface area contributed by atoms with Crippen LogP contribution in [0.5, 0.6) is 0 Å². The van der Waals surface area contributed by atoms with E-state index in [0.717, 1.165) is 27.6 Å². The fourth-order valence-corrected chi connectivity index (χ4v) is 3.16. The van der Waals surface area contributed by atoms with Gasteiger partial charge in [0.15, 0.2) is 17.0 Å². The summed E-state index contributed by atoms with van der Waals surface area (Å²) in [6.07, 6.45) is 6.49. The lowest BCUT2D eigenvalue weighted by Crippen LogP contribution is -2.16. The van der Waals surface area contributed by atoms with Crippen molar-refractivity contribution in [2.24, 2.45) is 0 Å². The summed E-state index contributed by atoms with van der Waals surface area (Å²) in [6, 6.07) is 8.19. The third-order valence-corrected chi connectivity index (χ3v) is 4.49. The Morgan fingerprint density at radius 3 is 2.70 bits per heavy atom. The van der Waals surface area contributed by atoms with Gasteiger partial charge in [0.2, 0.25) is 0 Å². The molecule has 1 aliphatic carbocycles. The quantitative estimate of drug-likeness (QED) is 0.796. The second-order valence-electron chi connectivity index (χ2n) is 5.89. The van der Waals surface area contributed by atoms with Crippen LogP contribution in [0.2, 0.25) is 5.02 Å². The molecule has 4 rings (SSSR count). The zero-order chi connectivity index (χ0) is 15.6. The molecule has 3 aromatic rings. The van der Waals surface area contributed by atoms with Crippen LogP contribution in [0.3, 0.4) is 0 Å². The average molecular weight is 329 g/mol. The highest BCUT2D eigenvalue weighted by Crippen LogP contribution is 2.24. The van der Waals surface area contributed by atoms with Crippen LogP contribution in [0, 0.1) is 0 Å². The van der Waals surface area contributed by atoms with Gasteiger partial charge in [-0.3, -0.25) is 0 Å². The van der Waals surface area contributed by atoms with Crippen molar-refractivity contribution in [1.29, 1.82) is 0 Å². The van der Waals surface area contributed by atoms with Crippen LogP contribution in [-0.2, 0) is 6.54 Å². The molecule has 0 aliphatic heterocycles. The number of hydrogen-bond donors (Lipinski definition) is 1. The third kappa shape index (κ3) is 2.99. The molecule has 0 atom stereocenters. The summed E-state index contributed by atoms with van der Waals surface area (Å²) in [5.41, 5.74) is 2.58. The number of anilines is 1. The maximum absolute atomic E-state index is 5.93. The van der Waals surface area contributed by atoms with Gasteiger partial charge in [0.05, 0.1) is 6.54 Å². The van der Waals surface area contributed by atoms with Crippen LogP contribution >= 0.6 is 11.6 Å². The predicted octanol–water partition coefficient (Wildman–Crippen LogP) is 3.28. The molecule has 1 aromatic carbocycles. The Balaban J connectivity index is 1.62. The van der Waals surface area contributed by atoms with E-state index in [0.29, 0.717) is 12.6 Å². The topological polar surface area (TPSA) is 68.5 Å². The molecule has 0 unspecified atom stereocenters. The Morgan fingerprint density at radius 1 is 1.13 bits per heavy atom. The molecular formula is C16H17ClN6. The molecule has 118 valence electrons. The number of hydrogen-bond acceptors (Lipinski definition) is 5. The number of nitrogens with one attached hydrogen (secondary N) is 1. The van der Waals surface area contributed by atoms with Crippen molar-refractivity contribution >= 4 is 28.6 Å². The van der Waals surface area contributed by atoms with Crippen LogP contribution in [0.1, 0.15) is 31.2 Å². The van der Waals surface area contributed by atoms with Gasteiger partial charge in [-0.25, -0.2) is 14.6 Å². The molecule has 23 heavy (non-hydrogen) atoms. The largest absolute Gasteiger partial charge is 0.365 e. The maximum atomic E-state index is 5.93. The minimum absolute atomic E-state index is 0.481. The number of aromatic nitrogens is 5. The Kier molecular flexibility index (Phi) is 3.83. The van der Waals surface area contributed by atoms with Gasteiger partial charge in [-0.05, 0) is 30.5 Å². The molecule has 0 saturated heterocycles. The van der Waals surface area contributed by atoms with Crippen LogP contribution < -0.4 is 5.32 Å². The van der Waals surface area contributed by atoms with E-state index < -0.39 is 0 Å². The number of nitrogens with zero attached hydrogens (tertiary/aromatic N) is 5. The molecular weight excluding hydrogens is 312 g/mol. The molecule has 1 aliphatic rings. The second kappa shape index (κ2) is 6.12. The number of halogens is 1. The van der Waals surface area contributed by atoms with Gasteiger partial charge < -0.3 is 5.32 Å². The van der Waals surface area contributed by atoms with E-state index in [1.807, 2.05) is 24.3 Å². The molecule has 2 heterocycles. The van der Waals surface area contributed by atoms with Gasteiger partial charge in [-0.15, -0.1) is 5.10 Å². The van der Waals surface area contributed by atoms with Gasteiger partial charge in [0.1, 0.15) is 6.33 Å². The fourth-order valence-electron chi connectivity index (χ4n) is 3.03. The molecule has 6 nitrogen and oxygen atoms in total. The van der Waals surface area contributed by atoms with Crippen LogP contribution in [-0.4, -0.2) is 31.0 Å². The second-order valence-corrected chi connectivity index (χ2v) is 6.33. The minimum atomic E-state index is 0.481. The number of benzene rings is 1. The van der Waals surface area contributed by atoms with E-state index in [9.17, 15) is 0 Å². The van der Waals surface area contributed by atoms with Crippen molar-refractivity contribution < 1.29 is 0 Å². The molecule has 1 saturated carbocycles. The highest BCUT2D eigenvalue weighted by Gasteiger charge is 2.18. The third-order valence-electron chi connectivity index (χ3n) is 4.24. The first kappa shape index (κ1) is 14.4. The van der Waals surface area contributed by atoms with E-state index in [1.165, 1.54) is 25.7 Å². The number of rotatable bonds is 4. The molecule has 1 N–H and O–H groups in total. The number of fused-ring (bicyclic) bond motifs is 1. The molecule has 1 fully saturated rings. The van der Waals surface area contributed by atoms with Crippen molar-refractivity contribution in [2.75, 3.05) is 5.32 Å². The lowest BCUT2D eigenvalue weighted by atomic mass is 10.2. The molecule has 2 aromatic heterocycles. The van der Waals surface area contributed by atoms with Crippen LogP contribution in [0.25, 0.3) is 11.2 Å². The molecule has 0 bridgehead atoms. The summed E-state index contributed by atoms with van der Waals surface area (Å²) in [7, 11) is 0. The highest BCUT2D eigenvalue weighted by atomic mass is 35.5. The standard InChI is InChI=1S/C16H17ClN6/c17-12-7-5-11(6-8-12)9-23-16-14(21-22-23)15(18-10-19-16)20-13-3-1-2-4-13/h5-8,10,13H,1-4,9H2,(H,18,19,20). The fraction of sp³-hybridized carbons (Fsp3) is 0.375. The average Bonchev–Trinajstić information content (AvgIpc) is 3.21. The predicted molar refractivity (Wildman–Crippen MR) is 89.6 cm³/mol. The smallest absolute Gasteiger partial charge is 0.184 e. The maximum Gasteiger partial charge on any atom is 0.184 e. The van der Waals surface area contributed by atoms with E-state index in [-0.39, 0.29) is 0 Å². The van der Waals surface area contributed by atoms with Gasteiger partial charge in [0.25, 0.3) is 0 Å². The summed E-state index contributed by atoms with van der Waals surface area (Å²) < 4.78 is 1.79. The van der Waals surface area contributed by atoms with Crippen molar-refractivity contribution in [1.82, 2.24) is 25.0 Å². The van der Waals surface area contributed by atoms with Crippen LogP contribution in [0.4, 0.5) is 5.82 Å². The van der Waals surface area contributed by atoms with Crippen molar-refractivity contribution in [3.05, 3.63) is 41.2 Å². The SMILES string of the molecule is Clc1ccc(Cn2nnc3c(NC4CCCC4)ncnc32)cc1. The zero-order valence-electron chi connectivity index (χ0n) is 12.6. The van der Waals surface area contributed by atoms with Crippen molar-refractivity contribution in [3.63, 3.8) is 0 Å². The van der Waals surface area contributed by atoms with Gasteiger partial charge in [-0.1, -0.05) is 41.8 Å². The Morgan fingerprint density at radius 2 is 1.91 bits per heavy atom. The molecule has 0 radical (unpaired) electrons. The van der Waals surface area contributed by atoms with Crippen LogP contribution in [0.15, 0.2) is 30.6 Å². The molecule has 7 heteroatoms. The summed E-state index contributed by atoms with van der Waals surface area (Å²) >= 11 is 5.93. The molecule has 0 spiro atoms. The zero-order valence-corrected chi connectivity index (χ0v) is 13.4. The summed E-state index contributed by atoms with van der Waals surface area (Å²) in [5, 5.41) is 12.7. The van der Waals surface area contributed by atoms with E-state index >= 15 is 0 Å². The lowest BCUT2D eigenvalue weighted by Gasteiger charge is -2.12. The van der Waals surface area contributed by atoms with Gasteiger partial charge >= 0.3 is 0 Å². The lowest BCUT2D eigenvalue weighted by molar-refractivity contribution is 0.664. The first-order chi connectivity index (χ1) is 11.3. The van der Waals surface area contributed by atoms with Crippen molar-refractivity contribution in [3.8, 4) is 0 Å². The normalized spacial score (nSPS) is 15.3. The Bertz CT molecular complexity index is 807.